The van der Waals surface area contributed by atoms with Crippen molar-refractivity contribution >= 4 is 17.2 Å². The molecule has 2 aromatic rings. The fourth-order valence-corrected chi connectivity index (χ4v) is 1.22. The molecule has 0 saturated heterocycles. The summed E-state index contributed by atoms with van der Waals surface area (Å²) in [6.07, 6.45) is 2.44. The van der Waals surface area contributed by atoms with E-state index in [1.807, 2.05) is 0 Å². The molecule has 0 amide bonds. The van der Waals surface area contributed by atoms with Gasteiger partial charge in [0.05, 0.1) is 11.9 Å². The molecule has 0 radical (unpaired) electrons. The zero-order valence-electron chi connectivity index (χ0n) is 8.42. The second-order valence-electron chi connectivity index (χ2n) is 3.20. The molecule has 0 aliphatic carbocycles. The predicted octanol–water partition coefficient (Wildman–Crippen LogP) is 2.22. The van der Waals surface area contributed by atoms with E-state index >= 15 is 0 Å². The largest absolute Gasteiger partial charge is 0.394 e. The number of nitrogens with zero attached hydrogens (tertiary/aromatic N) is 2. The van der Waals surface area contributed by atoms with Crippen LogP contribution in [0.15, 0.2) is 24.7 Å². The van der Waals surface area contributed by atoms with Gasteiger partial charge in [-0.3, -0.25) is 0 Å². The van der Waals surface area contributed by atoms with Crippen LogP contribution in [0.2, 0.25) is 0 Å². The Labute approximate surface area is 94.3 Å². The van der Waals surface area contributed by atoms with E-state index in [-0.39, 0.29) is 11.5 Å². The number of aromatic nitrogens is 2. The zero-order chi connectivity index (χ0) is 12.4. The van der Waals surface area contributed by atoms with Crippen LogP contribution in [0.4, 0.5) is 30.4 Å². The summed E-state index contributed by atoms with van der Waals surface area (Å²) >= 11 is 0. The van der Waals surface area contributed by atoms with E-state index in [1.54, 1.807) is 0 Å². The molecule has 0 aliphatic heterocycles. The van der Waals surface area contributed by atoms with Crippen LogP contribution in [-0.4, -0.2) is 9.97 Å². The van der Waals surface area contributed by atoms with Crippen LogP contribution < -0.4 is 11.1 Å². The Bertz CT molecular complexity index is 536. The average molecular weight is 240 g/mol. The van der Waals surface area contributed by atoms with Gasteiger partial charge in [0.15, 0.2) is 17.5 Å². The Morgan fingerprint density at radius 3 is 2.35 bits per heavy atom. The van der Waals surface area contributed by atoms with Gasteiger partial charge in [0, 0.05) is 12.1 Å². The molecule has 0 unspecified atom stereocenters. The second-order valence-corrected chi connectivity index (χ2v) is 3.20. The quantitative estimate of drug-likeness (QED) is 0.844. The van der Waals surface area contributed by atoms with E-state index < -0.39 is 23.1 Å². The number of benzene rings is 1. The molecular formula is C10H7F3N4. The Morgan fingerprint density at radius 2 is 1.76 bits per heavy atom. The van der Waals surface area contributed by atoms with Crippen molar-refractivity contribution in [3.8, 4) is 0 Å². The molecule has 3 N–H and O–H groups in total. The first-order valence-corrected chi connectivity index (χ1v) is 4.55. The molecule has 0 fully saturated rings. The second kappa shape index (κ2) is 4.28. The highest BCUT2D eigenvalue weighted by Gasteiger charge is 2.13. The summed E-state index contributed by atoms with van der Waals surface area (Å²) in [5, 5.41) is 2.34. The van der Waals surface area contributed by atoms with Crippen LogP contribution in [0.1, 0.15) is 0 Å². The van der Waals surface area contributed by atoms with Crippen LogP contribution in [-0.2, 0) is 0 Å². The minimum atomic E-state index is -1.07. The zero-order valence-corrected chi connectivity index (χ0v) is 8.42. The molecule has 1 heterocycles. The van der Waals surface area contributed by atoms with Crippen molar-refractivity contribution in [2.75, 3.05) is 11.1 Å². The number of hydrogen-bond acceptors (Lipinski definition) is 4. The van der Waals surface area contributed by atoms with Gasteiger partial charge < -0.3 is 11.1 Å². The van der Waals surface area contributed by atoms with Crippen molar-refractivity contribution in [2.45, 2.75) is 0 Å². The van der Waals surface area contributed by atoms with E-state index in [4.69, 9.17) is 5.73 Å². The van der Waals surface area contributed by atoms with Gasteiger partial charge in [0.2, 0.25) is 0 Å². The third-order valence-corrected chi connectivity index (χ3v) is 1.99. The lowest BCUT2D eigenvalue weighted by Gasteiger charge is -2.09. The van der Waals surface area contributed by atoms with Gasteiger partial charge in [-0.25, -0.2) is 23.1 Å². The summed E-state index contributed by atoms with van der Waals surface area (Å²) in [4.78, 5) is 7.33. The highest BCUT2D eigenvalue weighted by molar-refractivity contribution is 5.68. The maximum atomic E-state index is 13.3. The number of hydrogen-bond donors (Lipinski definition) is 2. The van der Waals surface area contributed by atoms with Crippen molar-refractivity contribution in [2.24, 2.45) is 0 Å². The van der Waals surface area contributed by atoms with Gasteiger partial charge in [-0.1, -0.05) is 0 Å². The van der Waals surface area contributed by atoms with E-state index in [0.717, 1.165) is 6.33 Å². The third kappa shape index (κ3) is 2.27. The van der Waals surface area contributed by atoms with Crippen LogP contribution in [0.25, 0.3) is 0 Å². The van der Waals surface area contributed by atoms with Crippen molar-refractivity contribution in [1.82, 2.24) is 9.97 Å². The van der Waals surface area contributed by atoms with E-state index in [1.165, 1.54) is 6.20 Å². The summed E-state index contributed by atoms with van der Waals surface area (Å²) in [6, 6.07) is 1.12. The van der Waals surface area contributed by atoms with Crippen LogP contribution in [0, 0.1) is 17.5 Å². The number of nitrogens with two attached hydrogens (primary N) is 1. The summed E-state index contributed by atoms with van der Waals surface area (Å²) in [7, 11) is 0. The van der Waals surface area contributed by atoms with Crippen molar-refractivity contribution in [1.29, 1.82) is 0 Å². The van der Waals surface area contributed by atoms with Crippen LogP contribution in [0.5, 0.6) is 0 Å². The lowest BCUT2D eigenvalue weighted by molar-refractivity contribution is 0.549. The van der Waals surface area contributed by atoms with Gasteiger partial charge in [0.1, 0.15) is 17.8 Å². The number of nitrogen functional groups attached to an aromatic ring is 1. The minimum Gasteiger partial charge on any atom is -0.394 e. The van der Waals surface area contributed by atoms with Gasteiger partial charge in [0.25, 0.3) is 0 Å². The molecule has 0 bridgehead atoms. The normalized spacial score (nSPS) is 10.3. The molecule has 4 nitrogen and oxygen atoms in total. The monoisotopic (exact) mass is 240 g/mol. The average Bonchev–Trinajstić information content (AvgIpc) is 2.25. The molecule has 88 valence electrons. The first-order chi connectivity index (χ1) is 8.08. The highest BCUT2D eigenvalue weighted by atomic mass is 19.1. The Balaban J connectivity index is 2.40. The summed E-state index contributed by atoms with van der Waals surface area (Å²) in [6.45, 7) is 0. The summed E-state index contributed by atoms with van der Waals surface area (Å²) < 4.78 is 39.3. The number of nitrogens with one attached hydrogen (secondary N) is 1. The minimum absolute atomic E-state index is 0.0457. The Kier molecular flexibility index (Phi) is 2.82. The molecule has 2 rings (SSSR count). The maximum absolute atomic E-state index is 13.3. The van der Waals surface area contributed by atoms with Gasteiger partial charge >= 0.3 is 0 Å². The first kappa shape index (κ1) is 11.2. The molecule has 17 heavy (non-hydrogen) atoms. The van der Waals surface area contributed by atoms with E-state index in [2.05, 4.69) is 15.3 Å². The van der Waals surface area contributed by atoms with Gasteiger partial charge in [-0.15, -0.1) is 0 Å². The lowest BCUT2D eigenvalue weighted by Crippen LogP contribution is -2.03. The third-order valence-electron chi connectivity index (χ3n) is 1.99. The lowest BCUT2D eigenvalue weighted by atomic mass is 10.2. The van der Waals surface area contributed by atoms with Crippen molar-refractivity contribution in [3.63, 3.8) is 0 Å². The highest BCUT2D eigenvalue weighted by Crippen LogP contribution is 2.25. The maximum Gasteiger partial charge on any atom is 0.157 e. The summed E-state index contributed by atoms with van der Waals surface area (Å²) in [5.74, 6) is -3.09. The Morgan fingerprint density at radius 1 is 1.12 bits per heavy atom. The smallest absolute Gasteiger partial charge is 0.157 e. The molecular weight excluding hydrogens is 233 g/mol. The van der Waals surface area contributed by atoms with Crippen molar-refractivity contribution in [3.05, 3.63) is 42.1 Å². The first-order valence-electron chi connectivity index (χ1n) is 4.55. The molecule has 7 heteroatoms. The topological polar surface area (TPSA) is 63.8 Å². The number of halogens is 3. The molecule has 1 aromatic heterocycles. The standard InChI is InChI=1S/C10H7F3N4/c11-5-1-6(12)9(7(13)2-5)17-10-8(14)3-15-4-16-10/h1-4H,14H2,(H,15,16,17). The predicted molar refractivity (Wildman–Crippen MR) is 56.0 cm³/mol. The van der Waals surface area contributed by atoms with E-state index in [0.29, 0.717) is 12.1 Å². The van der Waals surface area contributed by atoms with Crippen molar-refractivity contribution < 1.29 is 13.2 Å². The van der Waals surface area contributed by atoms with Crippen LogP contribution in [0.3, 0.4) is 0 Å². The molecule has 0 saturated carbocycles. The van der Waals surface area contributed by atoms with E-state index in [9.17, 15) is 13.2 Å². The molecule has 0 aliphatic rings. The number of rotatable bonds is 2. The van der Waals surface area contributed by atoms with Crippen LogP contribution >= 0.6 is 0 Å². The fourth-order valence-electron chi connectivity index (χ4n) is 1.22. The molecule has 1 aromatic carbocycles. The molecule has 0 spiro atoms. The SMILES string of the molecule is Nc1cncnc1Nc1c(F)cc(F)cc1F. The fraction of sp³-hybridized carbons (Fsp3) is 0. The number of anilines is 3. The Hall–Kier alpha value is -2.31. The van der Waals surface area contributed by atoms with Gasteiger partial charge in [-0.05, 0) is 0 Å². The molecule has 0 atom stereocenters. The summed E-state index contributed by atoms with van der Waals surface area (Å²) in [5.41, 5.74) is 5.10. The van der Waals surface area contributed by atoms with Gasteiger partial charge in [-0.2, -0.15) is 0 Å².